The van der Waals surface area contributed by atoms with Gasteiger partial charge in [0.25, 0.3) is 5.91 Å². The molecule has 2 aromatic rings. The Labute approximate surface area is 153 Å². The lowest BCUT2D eigenvalue weighted by atomic mass is 10.0. The smallest absolute Gasteiger partial charge is 0.270 e. The van der Waals surface area contributed by atoms with E-state index in [2.05, 4.69) is 5.32 Å². The van der Waals surface area contributed by atoms with Crippen molar-refractivity contribution in [3.05, 3.63) is 77.0 Å². The van der Waals surface area contributed by atoms with Crippen LogP contribution in [0.2, 0.25) is 0 Å². The molecule has 2 aromatic carbocycles. The van der Waals surface area contributed by atoms with Crippen LogP contribution in [-0.2, 0) is 16.1 Å². The van der Waals surface area contributed by atoms with Gasteiger partial charge in [-0.15, -0.1) is 0 Å². The van der Waals surface area contributed by atoms with E-state index >= 15 is 0 Å². The third kappa shape index (κ3) is 4.18. The predicted octanol–water partition coefficient (Wildman–Crippen LogP) is 2.63. The number of amides is 2. The van der Waals surface area contributed by atoms with Crippen molar-refractivity contribution < 1.29 is 14.7 Å². The van der Waals surface area contributed by atoms with Gasteiger partial charge in [0.05, 0.1) is 6.10 Å². The molecule has 2 N–H and O–H groups in total. The largest absolute Gasteiger partial charge is 0.388 e. The molecular formula is C21H22N2O3. The highest BCUT2D eigenvalue weighted by Gasteiger charge is 2.25. The maximum Gasteiger partial charge on any atom is 0.270 e. The molecule has 0 spiro atoms. The molecule has 1 aliphatic rings. The lowest BCUT2D eigenvalue weighted by Crippen LogP contribution is -2.37. The molecule has 0 aromatic heterocycles. The Kier molecular flexibility index (Phi) is 5.49. The number of hydrogen-bond acceptors (Lipinski definition) is 3. The van der Waals surface area contributed by atoms with Gasteiger partial charge in [-0.25, -0.2) is 0 Å². The van der Waals surface area contributed by atoms with Crippen LogP contribution in [-0.4, -0.2) is 28.4 Å². The standard InChI is InChI=1S/C21H22N2O3/c1-15(24)22-19(13-16-7-3-2-4-8-16)21(26)23-12-11-20(25)18-10-6-5-9-17(18)14-23/h2-10,13,20,25H,11-12,14H2,1H3,(H,22,24)/b19-13+. The molecule has 1 heterocycles. The van der Waals surface area contributed by atoms with E-state index in [0.29, 0.717) is 19.5 Å². The molecule has 0 bridgehead atoms. The number of nitrogens with one attached hydrogen (secondary N) is 1. The number of rotatable bonds is 3. The van der Waals surface area contributed by atoms with Crippen LogP contribution in [0.15, 0.2) is 60.3 Å². The van der Waals surface area contributed by atoms with Crippen molar-refractivity contribution in [1.29, 1.82) is 0 Å². The maximum absolute atomic E-state index is 13.1. The first kappa shape index (κ1) is 17.9. The zero-order valence-electron chi connectivity index (χ0n) is 14.7. The third-order valence-corrected chi connectivity index (χ3v) is 4.39. The summed E-state index contributed by atoms with van der Waals surface area (Å²) in [6.07, 6.45) is 1.55. The van der Waals surface area contributed by atoms with E-state index in [9.17, 15) is 14.7 Å². The highest BCUT2D eigenvalue weighted by molar-refractivity contribution is 6.00. The fourth-order valence-electron chi connectivity index (χ4n) is 3.12. The first-order valence-corrected chi connectivity index (χ1v) is 8.64. The summed E-state index contributed by atoms with van der Waals surface area (Å²) in [5, 5.41) is 13.0. The molecule has 0 radical (unpaired) electrons. The van der Waals surface area contributed by atoms with Crippen LogP contribution in [0.4, 0.5) is 0 Å². The average Bonchev–Trinajstić information content (AvgIpc) is 2.80. The van der Waals surface area contributed by atoms with E-state index in [1.54, 1.807) is 11.0 Å². The summed E-state index contributed by atoms with van der Waals surface area (Å²) >= 11 is 0. The second kappa shape index (κ2) is 7.97. The van der Waals surface area contributed by atoms with Crippen molar-refractivity contribution in [2.24, 2.45) is 0 Å². The van der Waals surface area contributed by atoms with Gasteiger partial charge in [0.1, 0.15) is 5.70 Å². The quantitative estimate of drug-likeness (QED) is 0.836. The van der Waals surface area contributed by atoms with Crippen LogP contribution >= 0.6 is 0 Å². The lowest BCUT2D eigenvalue weighted by Gasteiger charge is -2.22. The molecule has 1 unspecified atom stereocenters. The summed E-state index contributed by atoms with van der Waals surface area (Å²) < 4.78 is 0. The number of carbonyl (C=O) groups excluding carboxylic acids is 2. The van der Waals surface area contributed by atoms with Crippen molar-refractivity contribution in [3.8, 4) is 0 Å². The number of hydrogen-bond donors (Lipinski definition) is 2. The molecule has 1 atom stereocenters. The van der Waals surface area contributed by atoms with E-state index in [-0.39, 0.29) is 17.5 Å². The third-order valence-electron chi connectivity index (χ3n) is 4.39. The SMILES string of the molecule is CC(=O)N/C(=C/c1ccccc1)C(=O)N1CCC(O)c2ccccc2C1. The lowest BCUT2D eigenvalue weighted by molar-refractivity contribution is -0.130. The Bertz CT molecular complexity index is 830. The Morgan fingerprint density at radius 2 is 1.81 bits per heavy atom. The molecule has 3 rings (SSSR count). The van der Waals surface area contributed by atoms with E-state index < -0.39 is 6.10 Å². The molecule has 0 saturated carbocycles. The topological polar surface area (TPSA) is 69.6 Å². The zero-order valence-corrected chi connectivity index (χ0v) is 14.7. The van der Waals surface area contributed by atoms with Crippen LogP contribution in [0.3, 0.4) is 0 Å². The van der Waals surface area contributed by atoms with Crippen molar-refractivity contribution in [3.63, 3.8) is 0 Å². The second-order valence-electron chi connectivity index (χ2n) is 6.38. The summed E-state index contributed by atoms with van der Waals surface area (Å²) in [5.74, 6) is -0.552. The van der Waals surface area contributed by atoms with Gasteiger partial charge < -0.3 is 15.3 Å². The molecule has 0 fully saturated rings. The Morgan fingerprint density at radius 3 is 2.54 bits per heavy atom. The summed E-state index contributed by atoms with van der Waals surface area (Å²) in [4.78, 5) is 26.3. The van der Waals surface area contributed by atoms with Gasteiger partial charge in [-0.2, -0.15) is 0 Å². The van der Waals surface area contributed by atoms with E-state index in [4.69, 9.17) is 0 Å². The fraction of sp³-hybridized carbons (Fsp3) is 0.238. The van der Waals surface area contributed by atoms with Crippen molar-refractivity contribution in [2.75, 3.05) is 6.54 Å². The summed E-state index contributed by atoms with van der Waals surface area (Å²) in [7, 11) is 0. The van der Waals surface area contributed by atoms with Crippen molar-refractivity contribution >= 4 is 17.9 Å². The number of aliphatic hydroxyl groups is 1. The van der Waals surface area contributed by atoms with Gasteiger partial charge in [-0.05, 0) is 29.2 Å². The average molecular weight is 350 g/mol. The number of benzene rings is 2. The first-order valence-electron chi connectivity index (χ1n) is 8.64. The molecule has 2 amide bonds. The fourth-order valence-corrected chi connectivity index (χ4v) is 3.12. The minimum atomic E-state index is -0.591. The summed E-state index contributed by atoms with van der Waals surface area (Å²) in [6.45, 7) is 2.20. The van der Waals surface area contributed by atoms with Crippen LogP contribution in [0.1, 0.15) is 36.1 Å². The predicted molar refractivity (Wildman–Crippen MR) is 99.7 cm³/mol. The Morgan fingerprint density at radius 1 is 1.12 bits per heavy atom. The first-order chi connectivity index (χ1) is 12.5. The maximum atomic E-state index is 13.1. The highest BCUT2D eigenvalue weighted by Crippen LogP contribution is 2.27. The van der Waals surface area contributed by atoms with Gasteiger partial charge in [0.15, 0.2) is 0 Å². The van der Waals surface area contributed by atoms with E-state index in [0.717, 1.165) is 16.7 Å². The molecule has 5 nitrogen and oxygen atoms in total. The highest BCUT2D eigenvalue weighted by atomic mass is 16.3. The minimum absolute atomic E-state index is 0.234. The molecule has 5 heteroatoms. The monoisotopic (exact) mass is 350 g/mol. The number of carbonyl (C=O) groups is 2. The van der Waals surface area contributed by atoms with Crippen LogP contribution in [0, 0.1) is 0 Å². The molecule has 0 saturated heterocycles. The van der Waals surface area contributed by atoms with E-state index in [1.165, 1.54) is 6.92 Å². The van der Waals surface area contributed by atoms with Crippen molar-refractivity contribution in [1.82, 2.24) is 10.2 Å². The second-order valence-corrected chi connectivity index (χ2v) is 6.38. The van der Waals surface area contributed by atoms with Crippen LogP contribution < -0.4 is 5.32 Å². The van der Waals surface area contributed by atoms with Gasteiger partial charge in [-0.3, -0.25) is 9.59 Å². The Hall–Kier alpha value is -2.92. The molecular weight excluding hydrogens is 328 g/mol. The number of nitrogens with zero attached hydrogens (tertiary/aromatic N) is 1. The van der Waals surface area contributed by atoms with Crippen molar-refractivity contribution in [2.45, 2.75) is 26.0 Å². The summed E-state index contributed by atoms with van der Waals surface area (Å²) in [5.41, 5.74) is 2.85. The van der Waals surface area contributed by atoms with Crippen LogP contribution in [0.25, 0.3) is 6.08 Å². The van der Waals surface area contributed by atoms with Gasteiger partial charge in [0.2, 0.25) is 5.91 Å². The van der Waals surface area contributed by atoms with Gasteiger partial charge >= 0.3 is 0 Å². The number of aliphatic hydroxyl groups excluding tert-OH is 1. The molecule has 26 heavy (non-hydrogen) atoms. The van der Waals surface area contributed by atoms with Gasteiger partial charge in [-0.1, -0.05) is 54.6 Å². The molecule has 0 aliphatic carbocycles. The Balaban J connectivity index is 1.89. The van der Waals surface area contributed by atoms with Crippen LogP contribution in [0.5, 0.6) is 0 Å². The molecule has 1 aliphatic heterocycles. The van der Waals surface area contributed by atoms with E-state index in [1.807, 2.05) is 54.6 Å². The minimum Gasteiger partial charge on any atom is -0.388 e. The van der Waals surface area contributed by atoms with Gasteiger partial charge in [0, 0.05) is 20.0 Å². The molecule has 134 valence electrons. The zero-order chi connectivity index (χ0) is 18.5. The number of fused-ring (bicyclic) bond motifs is 1. The normalized spacial score (nSPS) is 17.2. The summed E-state index contributed by atoms with van der Waals surface area (Å²) in [6, 6.07) is 17.0.